The minimum absolute atomic E-state index is 0.0902. The Morgan fingerprint density at radius 1 is 1.04 bits per heavy atom. The lowest BCUT2D eigenvalue weighted by atomic mass is 10.1. The fourth-order valence-corrected chi connectivity index (χ4v) is 2.48. The summed E-state index contributed by atoms with van der Waals surface area (Å²) >= 11 is 0. The van der Waals surface area contributed by atoms with E-state index in [9.17, 15) is 9.59 Å². The zero-order valence-electron chi connectivity index (χ0n) is 14.9. The third kappa shape index (κ3) is 5.64. The molecule has 0 fully saturated rings. The molecule has 0 aliphatic rings. The SMILES string of the molecule is CCc1ccccc1NC(=O)CNC(=O)COc1ccc(C)cc1C. The lowest BCUT2D eigenvalue weighted by Crippen LogP contribution is -2.36. The number of carbonyl (C=O) groups is 2. The predicted octanol–water partition coefficient (Wildman–Crippen LogP) is 3.00. The molecule has 0 aromatic heterocycles. The summed E-state index contributed by atoms with van der Waals surface area (Å²) < 4.78 is 5.50. The van der Waals surface area contributed by atoms with Crippen LogP contribution in [-0.2, 0) is 16.0 Å². The average molecular weight is 340 g/mol. The summed E-state index contributed by atoms with van der Waals surface area (Å²) in [4.78, 5) is 23.8. The minimum atomic E-state index is -0.334. The van der Waals surface area contributed by atoms with Crippen LogP contribution < -0.4 is 15.4 Å². The molecule has 132 valence electrons. The van der Waals surface area contributed by atoms with Crippen molar-refractivity contribution in [1.82, 2.24) is 5.32 Å². The maximum atomic E-state index is 12.0. The number of anilines is 1. The van der Waals surface area contributed by atoms with Crippen molar-refractivity contribution in [3.05, 3.63) is 59.2 Å². The van der Waals surface area contributed by atoms with Crippen molar-refractivity contribution in [3.63, 3.8) is 0 Å². The van der Waals surface area contributed by atoms with Crippen LogP contribution in [0, 0.1) is 13.8 Å². The third-order valence-corrected chi connectivity index (χ3v) is 3.81. The van der Waals surface area contributed by atoms with E-state index in [1.807, 2.05) is 63.2 Å². The van der Waals surface area contributed by atoms with Gasteiger partial charge in [0.25, 0.3) is 5.91 Å². The molecule has 25 heavy (non-hydrogen) atoms. The number of aryl methyl sites for hydroxylation is 3. The van der Waals surface area contributed by atoms with Gasteiger partial charge in [-0.25, -0.2) is 0 Å². The van der Waals surface area contributed by atoms with E-state index in [0.717, 1.165) is 28.8 Å². The Morgan fingerprint density at radius 2 is 1.80 bits per heavy atom. The van der Waals surface area contributed by atoms with Gasteiger partial charge in [0.05, 0.1) is 6.54 Å². The molecule has 2 amide bonds. The van der Waals surface area contributed by atoms with Crippen LogP contribution in [0.2, 0.25) is 0 Å². The van der Waals surface area contributed by atoms with Crippen molar-refractivity contribution in [3.8, 4) is 5.75 Å². The molecule has 0 atom stereocenters. The number of ether oxygens (including phenoxy) is 1. The van der Waals surface area contributed by atoms with Gasteiger partial charge in [0.15, 0.2) is 6.61 Å². The fraction of sp³-hybridized carbons (Fsp3) is 0.300. The fourth-order valence-electron chi connectivity index (χ4n) is 2.48. The summed E-state index contributed by atoms with van der Waals surface area (Å²) in [6.45, 7) is 5.74. The first kappa shape index (κ1) is 18.5. The van der Waals surface area contributed by atoms with Crippen molar-refractivity contribution in [2.75, 3.05) is 18.5 Å². The monoisotopic (exact) mass is 340 g/mol. The molecule has 0 radical (unpaired) electrons. The first-order valence-corrected chi connectivity index (χ1v) is 8.34. The standard InChI is InChI=1S/C20H24N2O3/c1-4-16-7-5-6-8-17(16)22-19(23)12-21-20(24)13-25-18-10-9-14(2)11-15(18)3/h5-11H,4,12-13H2,1-3H3,(H,21,24)(H,22,23). The first-order valence-electron chi connectivity index (χ1n) is 8.34. The lowest BCUT2D eigenvalue weighted by molar-refractivity contribution is -0.125. The summed E-state index contributed by atoms with van der Waals surface area (Å²) in [5.74, 6) is 0.0711. The molecule has 0 aliphatic heterocycles. The molecule has 2 N–H and O–H groups in total. The van der Waals surface area contributed by atoms with Crippen LogP contribution in [0.15, 0.2) is 42.5 Å². The molecule has 2 rings (SSSR count). The Morgan fingerprint density at radius 3 is 2.52 bits per heavy atom. The molecule has 5 nitrogen and oxygen atoms in total. The van der Waals surface area contributed by atoms with Gasteiger partial charge in [-0.1, -0.05) is 42.8 Å². The number of rotatable bonds is 7. The second-order valence-electron chi connectivity index (χ2n) is 5.89. The third-order valence-electron chi connectivity index (χ3n) is 3.81. The number of hydrogen-bond acceptors (Lipinski definition) is 3. The minimum Gasteiger partial charge on any atom is -0.484 e. The first-order chi connectivity index (χ1) is 12.0. The predicted molar refractivity (Wildman–Crippen MR) is 98.9 cm³/mol. The number of hydrogen-bond donors (Lipinski definition) is 2. The van der Waals surface area contributed by atoms with E-state index in [1.165, 1.54) is 0 Å². The molecule has 0 unspecified atom stereocenters. The van der Waals surface area contributed by atoms with E-state index >= 15 is 0 Å². The van der Waals surface area contributed by atoms with Crippen LogP contribution in [0.3, 0.4) is 0 Å². The summed E-state index contributed by atoms with van der Waals surface area (Å²) in [7, 11) is 0. The van der Waals surface area contributed by atoms with Gasteiger partial charge in [-0.05, 0) is 43.5 Å². The average Bonchev–Trinajstić information content (AvgIpc) is 2.59. The molecule has 2 aromatic carbocycles. The number of benzene rings is 2. The van der Waals surface area contributed by atoms with E-state index in [1.54, 1.807) is 0 Å². The number of para-hydroxylation sites is 1. The van der Waals surface area contributed by atoms with Crippen molar-refractivity contribution in [2.45, 2.75) is 27.2 Å². The van der Waals surface area contributed by atoms with Crippen LogP contribution in [0.4, 0.5) is 5.69 Å². The summed E-state index contributed by atoms with van der Waals surface area (Å²) in [6, 6.07) is 13.4. The van der Waals surface area contributed by atoms with Crippen molar-refractivity contribution >= 4 is 17.5 Å². The highest BCUT2D eigenvalue weighted by molar-refractivity contribution is 5.95. The van der Waals surface area contributed by atoms with Gasteiger partial charge in [-0.3, -0.25) is 9.59 Å². The summed E-state index contributed by atoms with van der Waals surface area (Å²) in [6.07, 6.45) is 0.826. The Hall–Kier alpha value is -2.82. The van der Waals surface area contributed by atoms with Crippen LogP contribution in [0.5, 0.6) is 5.75 Å². The number of amides is 2. The lowest BCUT2D eigenvalue weighted by Gasteiger charge is -2.11. The van der Waals surface area contributed by atoms with Gasteiger partial charge < -0.3 is 15.4 Å². The Balaban J connectivity index is 1.78. The highest BCUT2D eigenvalue weighted by Crippen LogP contribution is 2.18. The second-order valence-corrected chi connectivity index (χ2v) is 5.89. The molecule has 2 aromatic rings. The van der Waals surface area contributed by atoms with Gasteiger partial charge in [0.1, 0.15) is 5.75 Å². The molecular formula is C20H24N2O3. The Labute approximate surface area is 148 Å². The normalized spacial score (nSPS) is 10.2. The van der Waals surface area contributed by atoms with Crippen LogP contribution in [-0.4, -0.2) is 25.0 Å². The van der Waals surface area contributed by atoms with E-state index in [0.29, 0.717) is 5.75 Å². The van der Waals surface area contributed by atoms with E-state index < -0.39 is 0 Å². The van der Waals surface area contributed by atoms with Gasteiger partial charge in [0, 0.05) is 5.69 Å². The van der Waals surface area contributed by atoms with Gasteiger partial charge in [0.2, 0.25) is 5.91 Å². The maximum absolute atomic E-state index is 12.0. The molecule has 0 saturated heterocycles. The molecule has 0 spiro atoms. The molecular weight excluding hydrogens is 316 g/mol. The quantitative estimate of drug-likeness (QED) is 0.814. The maximum Gasteiger partial charge on any atom is 0.258 e. The van der Waals surface area contributed by atoms with E-state index in [-0.39, 0.29) is 25.0 Å². The smallest absolute Gasteiger partial charge is 0.258 e. The summed E-state index contributed by atoms with van der Waals surface area (Å²) in [5.41, 5.74) is 3.94. The molecule has 5 heteroatoms. The zero-order chi connectivity index (χ0) is 18.2. The Kier molecular flexibility index (Phi) is 6.57. The topological polar surface area (TPSA) is 67.4 Å². The van der Waals surface area contributed by atoms with Gasteiger partial charge >= 0.3 is 0 Å². The van der Waals surface area contributed by atoms with Crippen molar-refractivity contribution < 1.29 is 14.3 Å². The van der Waals surface area contributed by atoms with Gasteiger partial charge in [-0.15, -0.1) is 0 Å². The molecule has 0 heterocycles. The molecule has 0 bridgehead atoms. The van der Waals surface area contributed by atoms with Gasteiger partial charge in [-0.2, -0.15) is 0 Å². The largest absolute Gasteiger partial charge is 0.484 e. The summed E-state index contributed by atoms with van der Waals surface area (Å²) in [5, 5.41) is 5.38. The van der Waals surface area contributed by atoms with Crippen LogP contribution in [0.1, 0.15) is 23.6 Å². The van der Waals surface area contributed by atoms with Crippen LogP contribution in [0.25, 0.3) is 0 Å². The molecule has 0 saturated carbocycles. The number of carbonyl (C=O) groups excluding carboxylic acids is 2. The van der Waals surface area contributed by atoms with Crippen molar-refractivity contribution in [1.29, 1.82) is 0 Å². The van der Waals surface area contributed by atoms with Crippen LogP contribution >= 0.6 is 0 Å². The highest BCUT2D eigenvalue weighted by atomic mass is 16.5. The number of nitrogens with one attached hydrogen (secondary N) is 2. The Bertz CT molecular complexity index is 756. The second kappa shape index (κ2) is 8.87. The van der Waals surface area contributed by atoms with E-state index in [2.05, 4.69) is 10.6 Å². The van der Waals surface area contributed by atoms with E-state index in [4.69, 9.17) is 4.74 Å². The molecule has 0 aliphatic carbocycles. The highest BCUT2D eigenvalue weighted by Gasteiger charge is 2.09. The van der Waals surface area contributed by atoms with Crippen molar-refractivity contribution in [2.24, 2.45) is 0 Å². The zero-order valence-corrected chi connectivity index (χ0v) is 14.9.